The Labute approximate surface area is 105 Å². The summed E-state index contributed by atoms with van der Waals surface area (Å²) >= 11 is 1.36. The van der Waals surface area contributed by atoms with Gasteiger partial charge in [0.25, 0.3) is 0 Å². The molecule has 4 heteroatoms. The predicted octanol–water partition coefficient (Wildman–Crippen LogP) is 3.07. The van der Waals surface area contributed by atoms with Gasteiger partial charge in [0.05, 0.1) is 17.5 Å². The molecular formula is C13H11N3S. The average Bonchev–Trinajstić information content (AvgIpc) is 2.37. The second-order valence-corrected chi connectivity index (χ2v) is 4.43. The Morgan fingerprint density at radius 2 is 2.00 bits per heavy atom. The average molecular weight is 241 g/mol. The maximum Gasteiger partial charge on any atom is 0.189 e. The topological polar surface area (TPSA) is 49.6 Å². The first-order valence-corrected chi connectivity index (χ1v) is 6.19. The van der Waals surface area contributed by atoms with Crippen molar-refractivity contribution < 1.29 is 0 Å². The largest absolute Gasteiger partial charge is 0.228 e. The van der Waals surface area contributed by atoms with Crippen LogP contribution in [0, 0.1) is 18.3 Å². The summed E-state index contributed by atoms with van der Waals surface area (Å²) < 4.78 is 0. The number of hydrogen-bond acceptors (Lipinski definition) is 4. The first kappa shape index (κ1) is 11.6. The normalized spacial score (nSPS) is 9.88. The van der Waals surface area contributed by atoms with Crippen LogP contribution < -0.4 is 0 Å². The Morgan fingerprint density at radius 3 is 2.71 bits per heavy atom. The van der Waals surface area contributed by atoms with Crippen LogP contribution in [0.15, 0.2) is 41.6 Å². The van der Waals surface area contributed by atoms with Gasteiger partial charge < -0.3 is 0 Å². The fourth-order valence-electron chi connectivity index (χ4n) is 1.46. The van der Waals surface area contributed by atoms with E-state index < -0.39 is 0 Å². The molecule has 1 aromatic carbocycles. The number of benzene rings is 1. The van der Waals surface area contributed by atoms with Crippen LogP contribution in [0.2, 0.25) is 0 Å². The van der Waals surface area contributed by atoms with Crippen molar-refractivity contribution in [2.75, 3.05) is 5.75 Å². The zero-order chi connectivity index (χ0) is 12.1. The monoisotopic (exact) mass is 241 g/mol. The van der Waals surface area contributed by atoms with E-state index in [-0.39, 0.29) is 0 Å². The Kier molecular flexibility index (Phi) is 3.73. The van der Waals surface area contributed by atoms with Crippen LogP contribution in [0.5, 0.6) is 0 Å². The van der Waals surface area contributed by atoms with Crippen LogP contribution in [0.25, 0.3) is 11.3 Å². The van der Waals surface area contributed by atoms with Crippen molar-refractivity contribution in [1.29, 1.82) is 5.26 Å². The van der Waals surface area contributed by atoms with E-state index in [4.69, 9.17) is 5.26 Å². The third kappa shape index (κ3) is 3.05. The van der Waals surface area contributed by atoms with Crippen molar-refractivity contribution in [1.82, 2.24) is 9.97 Å². The predicted molar refractivity (Wildman–Crippen MR) is 68.5 cm³/mol. The highest BCUT2D eigenvalue weighted by molar-refractivity contribution is 7.99. The summed E-state index contributed by atoms with van der Waals surface area (Å²) in [5.41, 5.74) is 2.88. The van der Waals surface area contributed by atoms with E-state index in [2.05, 4.69) is 16.0 Å². The fraction of sp³-hybridized carbons (Fsp3) is 0.154. The molecule has 0 unspecified atom stereocenters. The number of rotatable bonds is 3. The van der Waals surface area contributed by atoms with Gasteiger partial charge in [0, 0.05) is 11.3 Å². The molecule has 0 aliphatic heterocycles. The maximum absolute atomic E-state index is 8.56. The van der Waals surface area contributed by atoms with E-state index in [0.717, 1.165) is 17.0 Å². The molecule has 2 rings (SSSR count). The minimum absolute atomic E-state index is 0.373. The summed E-state index contributed by atoms with van der Waals surface area (Å²) in [4.78, 5) is 8.74. The van der Waals surface area contributed by atoms with E-state index in [1.54, 1.807) is 0 Å². The molecule has 0 N–H and O–H groups in total. The highest BCUT2D eigenvalue weighted by atomic mass is 32.2. The van der Waals surface area contributed by atoms with Gasteiger partial charge in [0.1, 0.15) is 0 Å². The van der Waals surface area contributed by atoms with Crippen molar-refractivity contribution in [2.24, 2.45) is 0 Å². The number of nitriles is 1. The lowest BCUT2D eigenvalue weighted by atomic mass is 10.1. The van der Waals surface area contributed by atoms with Crippen molar-refractivity contribution >= 4 is 11.8 Å². The zero-order valence-electron chi connectivity index (χ0n) is 9.42. The van der Waals surface area contributed by atoms with E-state index in [0.29, 0.717) is 10.9 Å². The molecule has 0 saturated heterocycles. The van der Waals surface area contributed by atoms with Crippen LogP contribution >= 0.6 is 11.8 Å². The SMILES string of the molecule is Cc1cc(-c2ccccc2)nc(SCC#N)n1. The van der Waals surface area contributed by atoms with Crippen LogP contribution in [0.4, 0.5) is 0 Å². The molecule has 1 aromatic heterocycles. The Hall–Kier alpha value is -1.86. The van der Waals surface area contributed by atoms with Crippen LogP contribution in [-0.2, 0) is 0 Å². The highest BCUT2D eigenvalue weighted by Crippen LogP contribution is 2.21. The van der Waals surface area contributed by atoms with E-state index in [1.165, 1.54) is 11.8 Å². The lowest BCUT2D eigenvalue weighted by molar-refractivity contribution is 0.939. The third-order valence-electron chi connectivity index (χ3n) is 2.17. The molecule has 3 nitrogen and oxygen atoms in total. The van der Waals surface area contributed by atoms with Gasteiger partial charge in [-0.25, -0.2) is 9.97 Å². The summed E-state index contributed by atoms with van der Waals surface area (Å²) in [7, 11) is 0. The zero-order valence-corrected chi connectivity index (χ0v) is 10.2. The molecule has 0 fully saturated rings. The molecule has 0 amide bonds. The Balaban J connectivity index is 2.36. The van der Waals surface area contributed by atoms with Gasteiger partial charge in [-0.15, -0.1) is 0 Å². The number of thioether (sulfide) groups is 1. The molecule has 17 heavy (non-hydrogen) atoms. The van der Waals surface area contributed by atoms with Crippen LogP contribution in [0.3, 0.4) is 0 Å². The molecule has 84 valence electrons. The quantitative estimate of drug-likeness (QED) is 0.612. The number of aromatic nitrogens is 2. The molecular weight excluding hydrogens is 230 g/mol. The smallest absolute Gasteiger partial charge is 0.189 e. The second-order valence-electron chi connectivity index (χ2n) is 3.49. The Bertz CT molecular complexity index is 546. The molecule has 2 aromatic rings. The standard InChI is InChI=1S/C13H11N3S/c1-10-9-12(11-5-3-2-4-6-11)16-13(15-10)17-8-7-14/h2-6,9H,8H2,1H3. The van der Waals surface area contributed by atoms with Gasteiger partial charge in [0.15, 0.2) is 5.16 Å². The minimum atomic E-state index is 0.373. The van der Waals surface area contributed by atoms with E-state index in [1.807, 2.05) is 43.3 Å². The summed E-state index contributed by atoms with van der Waals surface area (Å²) in [5.74, 6) is 0.373. The minimum Gasteiger partial charge on any atom is -0.228 e. The molecule has 0 spiro atoms. The number of aryl methyl sites for hydroxylation is 1. The van der Waals surface area contributed by atoms with Crippen molar-refractivity contribution in [3.63, 3.8) is 0 Å². The molecule has 0 aliphatic carbocycles. The lowest BCUT2D eigenvalue weighted by Gasteiger charge is -2.04. The molecule has 0 saturated carbocycles. The van der Waals surface area contributed by atoms with Gasteiger partial charge >= 0.3 is 0 Å². The second kappa shape index (κ2) is 5.46. The van der Waals surface area contributed by atoms with Gasteiger partial charge in [0.2, 0.25) is 0 Å². The summed E-state index contributed by atoms with van der Waals surface area (Å²) in [6, 6.07) is 14.0. The lowest BCUT2D eigenvalue weighted by Crippen LogP contribution is -1.93. The van der Waals surface area contributed by atoms with Gasteiger partial charge in [-0.2, -0.15) is 5.26 Å². The van der Waals surface area contributed by atoms with E-state index in [9.17, 15) is 0 Å². The number of hydrogen-bond donors (Lipinski definition) is 0. The van der Waals surface area contributed by atoms with E-state index >= 15 is 0 Å². The fourth-order valence-corrected chi connectivity index (χ4v) is 2.02. The van der Waals surface area contributed by atoms with Crippen LogP contribution in [0.1, 0.15) is 5.69 Å². The van der Waals surface area contributed by atoms with Crippen molar-refractivity contribution in [2.45, 2.75) is 12.1 Å². The maximum atomic E-state index is 8.56. The van der Waals surface area contributed by atoms with Gasteiger partial charge in [-0.1, -0.05) is 42.1 Å². The molecule has 1 heterocycles. The van der Waals surface area contributed by atoms with Gasteiger partial charge in [-0.3, -0.25) is 0 Å². The number of nitrogens with zero attached hydrogens (tertiary/aromatic N) is 3. The summed E-state index contributed by atoms with van der Waals surface area (Å²) in [6.45, 7) is 1.94. The first-order chi connectivity index (χ1) is 8.29. The Morgan fingerprint density at radius 1 is 1.24 bits per heavy atom. The first-order valence-electron chi connectivity index (χ1n) is 5.20. The summed E-state index contributed by atoms with van der Waals surface area (Å²) in [6.07, 6.45) is 0. The van der Waals surface area contributed by atoms with Crippen molar-refractivity contribution in [3.8, 4) is 17.3 Å². The van der Waals surface area contributed by atoms with Crippen molar-refractivity contribution in [3.05, 3.63) is 42.1 Å². The van der Waals surface area contributed by atoms with Gasteiger partial charge in [-0.05, 0) is 13.0 Å². The summed E-state index contributed by atoms with van der Waals surface area (Å²) in [5, 5.41) is 9.21. The third-order valence-corrected chi connectivity index (χ3v) is 2.88. The highest BCUT2D eigenvalue weighted by Gasteiger charge is 2.04. The van der Waals surface area contributed by atoms with Crippen LogP contribution in [-0.4, -0.2) is 15.7 Å². The molecule has 0 radical (unpaired) electrons. The molecule has 0 bridgehead atoms. The molecule has 0 atom stereocenters. The molecule has 0 aliphatic rings.